The van der Waals surface area contributed by atoms with E-state index in [1.54, 1.807) is 0 Å². The molecular weight excluding hydrogens is 282 g/mol. The smallest absolute Gasteiger partial charge is 0.308 e. The highest BCUT2D eigenvalue weighted by molar-refractivity contribution is 7.86. The molecule has 0 unspecified atom stereocenters. The lowest BCUT2D eigenvalue weighted by Gasteiger charge is -2.37. The molecule has 2 rings (SSSR count). The number of hydrogen-bond acceptors (Lipinski definition) is 5. The van der Waals surface area contributed by atoms with Gasteiger partial charge < -0.3 is 10.1 Å². The minimum atomic E-state index is -3.40. The van der Waals surface area contributed by atoms with Gasteiger partial charge >= 0.3 is 5.97 Å². The quantitative estimate of drug-likeness (QED) is 0.705. The third-order valence-corrected chi connectivity index (χ3v) is 5.97. The Morgan fingerprint density at radius 2 is 1.85 bits per heavy atom. The molecular formula is C12H23N3O4S. The van der Waals surface area contributed by atoms with Crippen LogP contribution in [0.15, 0.2) is 0 Å². The van der Waals surface area contributed by atoms with Gasteiger partial charge in [0.2, 0.25) is 0 Å². The summed E-state index contributed by atoms with van der Waals surface area (Å²) >= 11 is 0. The van der Waals surface area contributed by atoms with E-state index in [-0.39, 0.29) is 17.9 Å². The Labute approximate surface area is 120 Å². The number of piperazine rings is 1. The van der Waals surface area contributed by atoms with Crippen LogP contribution in [0.4, 0.5) is 0 Å². The number of rotatable bonds is 3. The Bertz CT molecular complexity index is 446. The second kappa shape index (κ2) is 6.38. The minimum Gasteiger partial charge on any atom is -0.469 e. The van der Waals surface area contributed by atoms with E-state index in [1.807, 2.05) is 6.92 Å². The molecule has 116 valence electrons. The van der Waals surface area contributed by atoms with Gasteiger partial charge in [-0.05, 0) is 19.8 Å². The number of nitrogens with zero attached hydrogens (tertiary/aromatic N) is 2. The van der Waals surface area contributed by atoms with Gasteiger partial charge in [0.25, 0.3) is 10.2 Å². The molecule has 0 amide bonds. The van der Waals surface area contributed by atoms with Crippen molar-refractivity contribution in [2.45, 2.75) is 25.8 Å². The molecule has 0 radical (unpaired) electrons. The first kappa shape index (κ1) is 15.7. The first-order valence-electron chi connectivity index (χ1n) is 7.01. The average molecular weight is 305 g/mol. The van der Waals surface area contributed by atoms with Gasteiger partial charge in [-0.25, -0.2) is 0 Å². The second-order valence-electron chi connectivity index (χ2n) is 5.42. The summed E-state index contributed by atoms with van der Waals surface area (Å²) < 4.78 is 32.8. The largest absolute Gasteiger partial charge is 0.469 e. The standard InChI is InChI=1S/C12H23N3O4S/c1-10-9-15(8-5-13-10)20(17,18)14-6-3-11(4-7-14)12(16)19-2/h10-11,13H,3-9H2,1-2H3/t10-/m1/s1. The van der Waals surface area contributed by atoms with Crippen molar-refractivity contribution in [2.24, 2.45) is 5.92 Å². The number of nitrogens with one attached hydrogen (secondary N) is 1. The predicted octanol–water partition coefficient (Wildman–Crippen LogP) is -0.590. The maximum Gasteiger partial charge on any atom is 0.308 e. The molecule has 2 heterocycles. The topological polar surface area (TPSA) is 79.0 Å². The van der Waals surface area contributed by atoms with Gasteiger partial charge in [0.1, 0.15) is 0 Å². The molecule has 7 nitrogen and oxygen atoms in total. The number of piperidine rings is 1. The van der Waals surface area contributed by atoms with Crippen molar-refractivity contribution in [3.63, 3.8) is 0 Å². The molecule has 2 saturated heterocycles. The van der Waals surface area contributed by atoms with Crippen molar-refractivity contribution in [1.82, 2.24) is 13.9 Å². The summed E-state index contributed by atoms with van der Waals surface area (Å²) in [6, 6.07) is 0.172. The Morgan fingerprint density at radius 3 is 2.40 bits per heavy atom. The molecule has 1 atom stereocenters. The van der Waals surface area contributed by atoms with Crippen LogP contribution in [-0.2, 0) is 19.7 Å². The van der Waals surface area contributed by atoms with Crippen LogP contribution in [-0.4, -0.2) is 68.9 Å². The van der Waals surface area contributed by atoms with Gasteiger partial charge in [-0.3, -0.25) is 4.79 Å². The van der Waals surface area contributed by atoms with Gasteiger partial charge in [-0.2, -0.15) is 17.0 Å². The molecule has 8 heteroatoms. The minimum absolute atomic E-state index is 0.172. The third-order valence-electron chi connectivity index (χ3n) is 3.97. The van der Waals surface area contributed by atoms with Crippen LogP contribution in [0.1, 0.15) is 19.8 Å². The van der Waals surface area contributed by atoms with E-state index >= 15 is 0 Å². The molecule has 0 saturated carbocycles. The van der Waals surface area contributed by atoms with Crippen molar-refractivity contribution in [3.8, 4) is 0 Å². The summed E-state index contributed by atoms with van der Waals surface area (Å²) in [7, 11) is -2.03. The molecule has 0 aromatic heterocycles. The number of ether oxygens (including phenoxy) is 1. The Balaban J connectivity index is 1.96. The lowest BCUT2D eigenvalue weighted by molar-refractivity contribution is -0.146. The van der Waals surface area contributed by atoms with E-state index in [0.717, 1.165) is 0 Å². The maximum atomic E-state index is 12.5. The monoisotopic (exact) mass is 305 g/mol. The van der Waals surface area contributed by atoms with Crippen LogP contribution in [0, 0.1) is 5.92 Å². The first-order valence-corrected chi connectivity index (χ1v) is 8.41. The van der Waals surface area contributed by atoms with Gasteiger partial charge in [0.05, 0.1) is 13.0 Å². The normalized spacial score (nSPS) is 27.4. The zero-order valence-electron chi connectivity index (χ0n) is 12.0. The van der Waals surface area contributed by atoms with Gasteiger partial charge in [-0.15, -0.1) is 0 Å². The summed E-state index contributed by atoms with van der Waals surface area (Å²) in [5.41, 5.74) is 0. The number of esters is 1. The van der Waals surface area contributed by atoms with E-state index in [0.29, 0.717) is 45.6 Å². The summed E-state index contributed by atoms with van der Waals surface area (Å²) in [4.78, 5) is 11.5. The number of carbonyl (C=O) groups excluding carboxylic acids is 1. The molecule has 2 aliphatic rings. The first-order chi connectivity index (χ1) is 9.45. The third kappa shape index (κ3) is 3.30. The van der Waals surface area contributed by atoms with Crippen LogP contribution in [0.25, 0.3) is 0 Å². The van der Waals surface area contributed by atoms with E-state index in [9.17, 15) is 13.2 Å². The Hall–Kier alpha value is -0.700. The van der Waals surface area contributed by atoms with Crippen LogP contribution in [0.2, 0.25) is 0 Å². The summed E-state index contributed by atoms with van der Waals surface area (Å²) in [6.07, 6.45) is 1.07. The molecule has 2 aliphatic heterocycles. The predicted molar refractivity (Wildman–Crippen MR) is 74.3 cm³/mol. The Kier molecular flexibility index (Phi) is 5.00. The molecule has 0 spiro atoms. The maximum absolute atomic E-state index is 12.5. The lowest BCUT2D eigenvalue weighted by Crippen LogP contribution is -2.56. The number of methoxy groups -OCH3 is 1. The molecule has 0 aromatic rings. The lowest BCUT2D eigenvalue weighted by atomic mass is 9.99. The number of hydrogen-bond donors (Lipinski definition) is 1. The van der Waals surface area contributed by atoms with Crippen LogP contribution in [0.3, 0.4) is 0 Å². The zero-order valence-corrected chi connectivity index (χ0v) is 12.9. The second-order valence-corrected chi connectivity index (χ2v) is 7.35. The van der Waals surface area contributed by atoms with Crippen LogP contribution in [0.5, 0.6) is 0 Å². The van der Waals surface area contributed by atoms with Crippen molar-refractivity contribution >= 4 is 16.2 Å². The molecule has 0 bridgehead atoms. The zero-order chi connectivity index (χ0) is 14.8. The van der Waals surface area contributed by atoms with Gasteiger partial charge in [0.15, 0.2) is 0 Å². The highest BCUT2D eigenvalue weighted by Crippen LogP contribution is 2.22. The molecule has 0 aliphatic carbocycles. The van der Waals surface area contributed by atoms with E-state index in [4.69, 9.17) is 4.74 Å². The molecule has 1 N–H and O–H groups in total. The summed E-state index contributed by atoms with van der Waals surface area (Å²) in [5.74, 6) is -0.411. The van der Waals surface area contributed by atoms with Gasteiger partial charge in [-0.1, -0.05) is 0 Å². The average Bonchev–Trinajstić information content (AvgIpc) is 2.46. The fourth-order valence-corrected chi connectivity index (χ4v) is 4.49. The van der Waals surface area contributed by atoms with E-state index in [1.165, 1.54) is 15.7 Å². The van der Waals surface area contributed by atoms with E-state index < -0.39 is 10.2 Å². The molecule has 0 aromatic carbocycles. The summed E-state index contributed by atoms with van der Waals surface area (Å²) in [5, 5.41) is 3.23. The van der Waals surface area contributed by atoms with Crippen molar-refractivity contribution in [1.29, 1.82) is 0 Å². The SMILES string of the molecule is COC(=O)C1CCN(S(=O)(=O)N2CCN[C@H](C)C2)CC1. The van der Waals surface area contributed by atoms with Gasteiger partial charge in [0, 0.05) is 38.8 Å². The molecule has 2 fully saturated rings. The Morgan fingerprint density at radius 1 is 1.20 bits per heavy atom. The van der Waals surface area contributed by atoms with Crippen molar-refractivity contribution in [2.75, 3.05) is 39.8 Å². The van der Waals surface area contributed by atoms with Crippen LogP contribution >= 0.6 is 0 Å². The highest BCUT2D eigenvalue weighted by atomic mass is 32.2. The highest BCUT2D eigenvalue weighted by Gasteiger charge is 2.36. The molecule has 20 heavy (non-hydrogen) atoms. The fourth-order valence-electron chi connectivity index (χ4n) is 2.76. The van der Waals surface area contributed by atoms with Crippen LogP contribution < -0.4 is 5.32 Å². The van der Waals surface area contributed by atoms with E-state index in [2.05, 4.69) is 5.32 Å². The summed E-state index contributed by atoms with van der Waals surface area (Å²) in [6.45, 7) is 4.44. The van der Waals surface area contributed by atoms with Crippen molar-refractivity contribution in [3.05, 3.63) is 0 Å². The van der Waals surface area contributed by atoms with Crippen molar-refractivity contribution < 1.29 is 17.9 Å². The fraction of sp³-hybridized carbons (Fsp3) is 0.917. The number of carbonyl (C=O) groups is 1.